The summed E-state index contributed by atoms with van der Waals surface area (Å²) >= 11 is 0. The molecule has 2 heterocycles. The van der Waals surface area contributed by atoms with Crippen LogP contribution >= 0.6 is 0 Å². The van der Waals surface area contributed by atoms with Crippen LogP contribution in [0.3, 0.4) is 0 Å². The molecule has 7 nitrogen and oxygen atoms in total. The highest BCUT2D eigenvalue weighted by molar-refractivity contribution is 6.16. The summed E-state index contributed by atoms with van der Waals surface area (Å²) < 4.78 is 16.1. The number of nitrogens with one attached hydrogen (secondary N) is 2. The molecule has 0 radical (unpaired) electrons. The Labute approximate surface area is 206 Å². The van der Waals surface area contributed by atoms with Crippen LogP contribution in [0.15, 0.2) is 84.7 Å². The summed E-state index contributed by atoms with van der Waals surface area (Å²) in [5.74, 6) is -1.37. The summed E-state index contributed by atoms with van der Waals surface area (Å²) in [5.41, 5.74) is 3.78. The first kappa shape index (κ1) is 23.0. The Morgan fingerprint density at radius 1 is 1.00 bits per heavy atom. The lowest BCUT2D eigenvalue weighted by molar-refractivity contribution is -0.127. The highest BCUT2D eigenvalue weighted by Crippen LogP contribution is 2.26. The van der Waals surface area contributed by atoms with Crippen LogP contribution in [0.1, 0.15) is 16.7 Å². The molecule has 1 aromatic heterocycles. The Hall–Kier alpha value is -4.72. The second-order valence-electron chi connectivity index (χ2n) is 8.61. The SMILES string of the molecule is Cc1ccc(NC(=O)CN2C(=O)N/C(=C\c3cn(Cc4ccccc4F)c4ccccc34)C2=O)cc1. The van der Waals surface area contributed by atoms with E-state index in [1.54, 1.807) is 36.4 Å². The fourth-order valence-corrected chi connectivity index (χ4v) is 4.18. The van der Waals surface area contributed by atoms with Crippen LogP contribution in [0.2, 0.25) is 0 Å². The monoisotopic (exact) mass is 482 g/mol. The van der Waals surface area contributed by atoms with E-state index in [1.165, 1.54) is 6.07 Å². The van der Waals surface area contributed by atoms with Gasteiger partial charge in [-0.2, -0.15) is 0 Å². The number of anilines is 1. The first-order chi connectivity index (χ1) is 17.4. The lowest BCUT2D eigenvalue weighted by Crippen LogP contribution is -2.38. The van der Waals surface area contributed by atoms with Crippen LogP contribution in [0.5, 0.6) is 0 Å². The van der Waals surface area contributed by atoms with Gasteiger partial charge in [-0.15, -0.1) is 0 Å². The number of urea groups is 1. The van der Waals surface area contributed by atoms with Gasteiger partial charge in [0.05, 0.1) is 6.54 Å². The molecular weight excluding hydrogens is 459 g/mol. The van der Waals surface area contributed by atoms with Crippen molar-refractivity contribution in [1.82, 2.24) is 14.8 Å². The third kappa shape index (κ3) is 4.61. The lowest BCUT2D eigenvalue weighted by atomic mass is 10.1. The smallest absolute Gasteiger partial charge is 0.329 e. The number of hydrogen-bond donors (Lipinski definition) is 2. The summed E-state index contributed by atoms with van der Waals surface area (Å²) in [6.07, 6.45) is 3.40. The van der Waals surface area contributed by atoms with Gasteiger partial charge >= 0.3 is 6.03 Å². The van der Waals surface area contributed by atoms with Gasteiger partial charge in [-0.1, -0.05) is 54.1 Å². The van der Waals surface area contributed by atoms with Crippen molar-refractivity contribution >= 4 is 40.5 Å². The Kier molecular flexibility index (Phi) is 6.08. The molecule has 3 aromatic carbocycles. The molecule has 180 valence electrons. The van der Waals surface area contributed by atoms with Gasteiger partial charge in [0, 0.05) is 33.9 Å². The number of benzene rings is 3. The molecule has 0 atom stereocenters. The highest BCUT2D eigenvalue weighted by atomic mass is 19.1. The van der Waals surface area contributed by atoms with Crippen molar-refractivity contribution < 1.29 is 18.8 Å². The van der Waals surface area contributed by atoms with E-state index in [4.69, 9.17) is 0 Å². The molecule has 0 bridgehead atoms. The quantitative estimate of drug-likeness (QED) is 0.310. The molecule has 4 amide bonds. The maximum atomic E-state index is 14.3. The predicted molar refractivity (Wildman–Crippen MR) is 135 cm³/mol. The van der Waals surface area contributed by atoms with E-state index in [1.807, 2.05) is 54.1 Å². The average molecular weight is 483 g/mol. The molecule has 36 heavy (non-hydrogen) atoms. The van der Waals surface area contributed by atoms with Crippen LogP contribution in [-0.4, -0.2) is 33.9 Å². The number of rotatable bonds is 6. The summed E-state index contributed by atoms with van der Waals surface area (Å²) in [7, 11) is 0. The first-order valence-corrected chi connectivity index (χ1v) is 11.4. The molecule has 4 aromatic rings. The van der Waals surface area contributed by atoms with Gasteiger partial charge in [0.1, 0.15) is 18.1 Å². The van der Waals surface area contributed by atoms with Gasteiger partial charge in [-0.3, -0.25) is 9.59 Å². The zero-order valence-corrected chi connectivity index (χ0v) is 19.5. The Morgan fingerprint density at radius 2 is 1.72 bits per heavy atom. The summed E-state index contributed by atoms with van der Waals surface area (Å²) in [6.45, 7) is 1.83. The van der Waals surface area contributed by atoms with E-state index in [0.717, 1.165) is 21.4 Å². The number of imide groups is 1. The molecule has 1 aliphatic rings. The Bertz CT molecular complexity index is 1520. The third-order valence-electron chi connectivity index (χ3n) is 6.02. The number of fused-ring (bicyclic) bond motifs is 1. The van der Waals surface area contributed by atoms with Gasteiger partial charge < -0.3 is 15.2 Å². The molecule has 1 aliphatic heterocycles. The van der Waals surface area contributed by atoms with Crippen LogP contribution in [-0.2, 0) is 16.1 Å². The summed E-state index contributed by atoms with van der Waals surface area (Å²) in [4.78, 5) is 38.8. The standard InChI is InChI=1S/C28H23FN4O3/c1-18-10-12-21(13-11-18)30-26(34)17-33-27(35)24(31-28(33)36)14-20-16-32(25-9-5-3-7-22(20)25)15-19-6-2-4-8-23(19)29/h2-14,16H,15,17H2,1H3,(H,30,34)(H,31,36)/b24-14-. The third-order valence-corrected chi connectivity index (χ3v) is 6.02. The minimum absolute atomic E-state index is 0.0666. The van der Waals surface area contributed by atoms with Crippen molar-refractivity contribution in [2.45, 2.75) is 13.5 Å². The van der Waals surface area contributed by atoms with Crippen molar-refractivity contribution in [3.05, 3.63) is 107 Å². The maximum Gasteiger partial charge on any atom is 0.329 e. The van der Waals surface area contributed by atoms with Crippen molar-refractivity contribution in [3.8, 4) is 0 Å². The van der Waals surface area contributed by atoms with Crippen molar-refractivity contribution in [3.63, 3.8) is 0 Å². The van der Waals surface area contributed by atoms with Crippen LogP contribution in [0, 0.1) is 12.7 Å². The molecule has 0 aliphatic carbocycles. The van der Waals surface area contributed by atoms with Crippen molar-refractivity contribution in [1.29, 1.82) is 0 Å². The lowest BCUT2D eigenvalue weighted by Gasteiger charge is -2.12. The van der Waals surface area contributed by atoms with E-state index < -0.39 is 24.4 Å². The second kappa shape index (κ2) is 9.50. The molecular formula is C28H23FN4O3. The molecule has 1 saturated heterocycles. The Morgan fingerprint density at radius 3 is 2.50 bits per heavy atom. The van der Waals surface area contributed by atoms with E-state index in [-0.39, 0.29) is 11.5 Å². The highest BCUT2D eigenvalue weighted by Gasteiger charge is 2.35. The molecule has 0 saturated carbocycles. The van der Waals surface area contributed by atoms with Gasteiger partial charge in [0.15, 0.2) is 0 Å². The number of para-hydroxylation sites is 1. The fraction of sp³-hybridized carbons (Fsp3) is 0.107. The van der Waals surface area contributed by atoms with Gasteiger partial charge in [-0.25, -0.2) is 14.1 Å². The molecule has 0 unspecified atom stereocenters. The summed E-state index contributed by atoms with van der Waals surface area (Å²) in [6, 6.07) is 20.7. The summed E-state index contributed by atoms with van der Waals surface area (Å²) in [5, 5.41) is 6.10. The topological polar surface area (TPSA) is 83.4 Å². The van der Waals surface area contributed by atoms with E-state index in [2.05, 4.69) is 10.6 Å². The molecule has 0 spiro atoms. The molecule has 2 N–H and O–H groups in total. The second-order valence-corrected chi connectivity index (χ2v) is 8.61. The number of carbonyl (C=O) groups is 3. The number of aromatic nitrogens is 1. The number of nitrogens with zero attached hydrogens (tertiary/aromatic N) is 2. The normalized spacial score (nSPS) is 14.5. The minimum atomic E-state index is -0.666. The molecule has 1 fully saturated rings. The van der Waals surface area contributed by atoms with Crippen LogP contribution < -0.4 is 10.6 Å². The number of aryl methyl sites for hydroxylation is 1. The zero-order valence-electron chi connectivity index (χ0n) is 19.5. The number of hydrogen-bond acceptors (Lipinski definition) is 3. The van der Waals surface area contributed by atoms with E-state index in [0.29, 0.717) is 23.4 Å². The van der Waals surface area contributed by atoms with E-state index >= 15 is 0 Å². The van der Waals surface area contributed by atoms with Crippen LogP contribution in [0.25, 0.3) is 17.0 Å². The average Bonchev–Trinajstić information content (AvgIpc) is 3.34. The maximum absolute atomic E-state index is 14.3. The van der Waals surface area contributed by atoms with Crippen molar-refractivity contribution in [2.24, 2.45) is 0 Å². The van der Waals surface area contributed by atoms with Crippen molar-refractivity contribution in [2.75, 3.05) is 11.9 Å². The largest absolute Gasteiger partial charge is 0.342 e. The molecule has 8 heteroatoms. The van der Waals surface area contributed by atoms with Gasteiger partial charge in [-0.05, 0) is 37.3 Å². The Balaban J connectivity index is 1.38. The van der Waals surface area contributed by atoms with Crippen LogP contribution in [0.4, 0.5) is 14.9 Å². The fourth-order valence-electron chi connectivity index (χ4n) is 4.18. The van der Waals surface area contributed by atoms with Gasteiger partial charge in [0.25, 0.3) is 5.91 Å². The number of amides is 4. The number of carbonyl (C=O) groups excluding carboxylic acids is 3. The number of halogens is 1. The van der Waals surface area contributed by atoms with Gasteiger partial charge in [0.2, 0.25) is 5.91 Å². The molecule has 5 rings (SSSR count). The minimum Gasteiger partial charge on any atom is -0.342 e. The zero-order chi connectivity index (χ0) is 25.2. The predicted octanol–water partition coefficient (Wildman–Crippen LogP) is 4.67. The first-order valence-electron chi connectivity index (χ1n) is 11.4. The van der Waals surface area contributed by atoms with E-state index in [9.17, 15) is 18.8 Å².